The number of amides is 1. The molecular weight excluding hydrogens is 266 g/mol. The number of nitrogens with one attached hydrogen (secondary N) is 1. The lowest BCUT2D eigenvalue weighted by Gasteiger charge is -2.26. The number of aryl methyl sites for hydroxylation is 1. The molecule has 0 radical (unpaired) electrons. The van der Waals surface area contributed by atoms with E-state index in [1.807, 2.05) is 6.07 Å². The Morgan fingerprint density at radius 3 is 3.06 bits per heavy atom. The summed E-state index contributed by atoms with van der Waals surface area (Å²) in [5.74, 6) is 0.138. The number of fused-ring (bicyclic) bond motifs is 1. The van der Waals surface area contributed by atoms with Gasteiger partial charge in [0.2, 0.25) is 5.91 Å². The summed E-state index contributed by atoms with van der Waals surface area (Å²) in [4.78, 5) is 11.6. The quantitative estimate of drug-likeness (QED) is 0.848. The molecule has 0 saturated heterocycles. The summed E-state index contributed by atoms with van der Waals surface area (Å²) in [7, 11) is 0. The zero-order chi connectivity index (χ0) is 11.4. The third-order valence-electron chi connectivity index (χ3n) is 3.03. The number of alkyl halides is 1. The van der Waals surface area contributed by atoms with E-state index in [4.69, 9.17) is 0 Å². The van der Waals surface area contributed by atoms with Gasteiger partial charge in [0.1, 0.15) is 0 Å². The molecule has 1 aromatic carbocycles. The van der Waals surface area contributed by atoms with Crippen molar-refractivity contribution in [1.29, 1.82) is 0 Å². The molecule has 86 valence electrons. The molecule has 16 heavy (non-hydrogen) atoms. The van der Waals surface area contributed by atoms with Gasteiger partial charge in [-0.25, -0.2) is 0 Å². The van der Waals surface area contributed by atoms with Gasteiger partial charge in [0.05, 0.1) is 6.04 Å². The Labute approximate surface area is 105 Å². The van der Waals surface area contributed by atoms with Gasteiger partial charge in [0, 0.05) is 11.8 Å². The fourth-order valence-corrected chi connectivity index (χ4v) is 2.62. The highest BCUT2D eigenvalue weighted by Gasteiger charge is 2.20. The highest BCUT2D eigenvalue weighted by molar-refractivity contribution is 9.09. The van der Waals surface area contributed by atoms with Crippen LogP contribution in [0.3, 0.4) is 0 Å². The maximum absolute atomic E-state index is 11.6. The molecule has 2 rings (SSSR count). The Balaban J connectivity index is 2.10. The van der Waals surface area contributed by atoms with Crippen LogP contribution < -0.4 is 5.32 Å². The van der Waals surface area contributed by atoms with Crippen molar-refractivity contribution in [3.05, 3.63) is 35.4 Å². The fourth-order valence-electron chi connectivity index (χ4n) is 2.26. The van der Waals surface area contributed by atoms with E-state index in [9.17, 15) is 4.79 Å². The number of rotatable bonds is 3. The molecule has 1 amide bonds. The van der Waals surface area contributed by atoms with E-state index in [1.165, 1.54) is 11.1 Å². The summed E-state index contributed by atoms with van der Waals surface area (Å²) in [6, 6.07) is 8.64. The molecule has 0 saturated carbocycles. The second kappa shape index (κ2) is 5.48. The van der Waals surface area contributed by atoms with E-state index in [-0.39, 0.29) is 11.9 Å². The van der Waals surface area contributed by atoms with Crippen molar-refractivity contribution in [3.63, 3.8) is 0 Å². The van der Waals surface area contributed by atoms with E-state index >= 15 is 0 Å². The minimum absolute atomic E-state index is 0.138. The Morgan fingerprint density at radius 2 is 2.25 bits per heavy atom. The van der Waals surface area contributed by atoms with Crippen molar-refractivity contribution < 1.29 is 4.79 Å². The Morgan fingerprint density at radius 1 is 1.44 bits per heavy atom. The van der Waals surface area contributed by atoms with Gasteiger partial charge in [-0.15, -0.1) is 0 Å². The summed E-state index contributed by atoms with van der Waals surface area (Å²) in [5, 5.41) is 3.84. The summed E-state index contributed by atoms with van der Waals surface area (Å²) in [5.41, 5.74) is 2.69. The lowest BCUT2D eigenvalue weighted by Crippen LogP contribution is -2.30. The first-order valence-electron chi connectivity index (χ1n) is 5.74. The normalized spacial score (nSPS) is 18.9. The maximum Gasteiger partial charge on any atom is 0.221 e. The molecule has 0 aliphatic heterocycles. The summed E-state index contributed by atoms with van der Waals surface area (Å²) in [6.45, 7) is 0. The molecular formula is C13H16BrNO. The Hall–Kier alpha value is -0.830. The minimum atomic E-state index is 0.138. The lowest BCUT2D eigenvalue weighted by atomic mass is 9.88. The van der Waals surface area contributed by atoms with Crippen molar-refractivity contribution in [2.24, 2.45) is 0 Å². The first kappa shape index (κ1) is 11.6. The zero-order valence-corrected chi connectivity index (χ0v) is 10.8. The molecule has 1 unspecified atom stereocenters. The number of hydrogen-bond acceptors (Lipinski definition) is 1. The summed E-state index contributed by atoms with van der Waals surface area (Å²) in [6.07, 6.45) is 3.92. The van der Waals surface area contributed by atoms with Gasteiger partial charge in [-0.3, -0.25) is 4.79 Å². The maximum atomic E-state index is 11.6. The number of carbonyl (C=O) groups excluding carboxylic acids is 1. The van der Waals surface area contributed by atoms with Crippen LogP contribution in [-0.4, -0.2) is 11.2 Å². The topological polar surface area (TPSA) is 29.1 Å². The van der Waals surface area contributed by atoms with Crippen molar-refractivity contribution in [3.8, 4) is 0 Å². The molecule has 3 heteroatoms. The van der Waals surface area contributed by atoms with E-state index < -0.39 is 0 Å². The SMILES string of the molecule is O=C(CCBr)NC1CCCc2ccccc21. The molecule has 0 heterocycles. The first-order valence-corrected chi connectivity index (χ1v) is 6.86. The third-order valence-corrected chi connectivity index (χ3v) is 3.42. The van der Waals surface area contributed by atoms with Gasteiger partial charge >= 0.3 is 0 Å². The molecule has 0 fully saturated rings. The van der Waals surface area contributed by atoms with Crippen molar-refractivity contribution in [2.75, 3.05) is 5.33 Å². The van der Waals surface area contributed by atoms with Gasteiger partial charge in [-0.05, 0) is 30.4 Å². The monoisotopic (exact) mass is 281 g/mol. The largest absolute Gasteiger partial charge is 0.349 e. The van der Waals surface area contributed by atoms with Crippen LogP contribution in [0.2, 0.25) is 0 Å². The molecule has 0 aromatic heterocycles. The van der Waals surface area contributed by atoms with Crippen LogP contribution in [0.1, 0.15) is 36.4 Å². The molecule has 2 nitrogen and oxygen atoms in total. The van der Waals surface area contributed by atoms with Crippen LogP contribution in [0, 0.1) is 0 Å². The van der Waals surface area contributed by atoms with Gasteiger partial charge in [-0.2, -0.15) is 0 Å². The highest BCUT2D eigenvalue weighted by Crippen LogP contribution is 2.29. The molecule has 1 atom stereocenters. The van der Waals surface area contributed by atoms with Gasteiger partial charge in [-0.1, -0.05) is 40.2 Å². The third kappa shape index (κ3) is 2.64. The molecule has 0 spiro atoms. The van der Waals surface area contributed by atoms with Crippen LogP contribution in [-0.2, 0) is 11.2 Å². The Bertz CT molecular complexity index is 378. The molecule has 1 aliphatic rings. The lowest BCUT2D eigenvalue weighted by molar-refractivity contribution is -0.121. The van der Waals surface area contributed by atoms with Crippen LogP contribution in [0.4, 0.5) is 0 Å². The number of halogens is 1. The second-order valence-corrected chi connectivity index (χ2v) is 4.94. The summed E-state index contributed by atoms with van der Waals surface area (Å²) < 4.78 is 0. The highest BCUT2D eigenvalue weighted by atomic mass is 79.9. The van der Waals surface area contributed by atoms with Crippen LogP contribution in [0.15, 0.2) is 24.3 Å². The zero-order valence-electron chi connectivity index (χ0n) is 9.21. The fraction of sp³-hybridized carbons (Fsp3) is 0.462. The number of benzene rings is 1. The first-order chi connectivity index (χ1) is 7.81. The average molecular weight is 282 g/mol. The van der Waals surface area contributed by atoms with Gasteiger partial charge < -0.3 is 5.32 Å². The van der Waals surface area contributed by atoms with Crippen molar-refractivity contribution in [1.82, 2.24) is 5.32 Å². The smallest absolute Gasteiger partial charge is 0.221 e. The Kier molecular flexibility index (Phi) is 3.99. The molecule has 0 bridgehead atoms. The van der Waals surface area contributed by atoms with E-state index in [0.717, 1.165) is 24.6 Å². The standard InChI is InChI=1S/C13H16BrNO/c14-9-8-13(16)15-12-7-3-5-10-4-1-2-6-11(10)12/h1-2,4,6,12H,3,5,7-9H2,(H,15,16). The number of hydrogen-bond donors (Lipinski definition) is 1. The molecule has 1 aliphatic carbocycles. The van der Waals surface area contributed by atoms with E-state index in [1.54, 1.807) is 0 Å². The van der Waals surface area contributed by atoms with Crippen LogP contribution in [0.25, 0.3) is 0 Å². The average Bonchev–Trinajstić information content (AvgIpc) is 2.30. The molecule has 1 N–H and O–H groups in total. The second-order valence-electron chi connectivity index (χ2n) is 4.15. The van der Waals surface area contributed by atoms with Crippen molar-refractivity contribution >= 4 is 21.8 Å². The van der Waals surface area contributed by atoms with Gasteiger partial charge in [0.15, 0.2) is 0 Å². The number of carbonyl (C=O) groups is 1. The minimum Gasteiger partial charge on any atom is -0.349 e. The predicted octanol–water partition coefficient (Wildman–Crippen LogP) is 2.97. The van der Waals surface area contributed by atoms with Crippen LogP contribution in [0.5, 0.6) is 0 Å². The van der Waals surface area contributed by atoms with Gasteiger partial charge in [0.25, 0.3) is 0 Å². The van der Waals surface area contributed by atoms with E-state index in [0.29, 0.717) is 6.42 Å². The van der Waals surface area contributed by atoms with Crippen molar-refractivity contribution in [2.45, 2.75) is 31.7 Å². The molecule has 1 aromatic rings. The van der Waals surface area contributed by atoms with Crippen LogP contribution >= 0.6 is 15.9 Å². The summed E-state index contributed by atoms with van der Waals surface area (Å²) >= 11 is 3.29. The predicted molar refractivity (Wildman–Crippen MR) is 68.7 cm³/mol. The van der Waals surface area contributed by atoms with E-state index in [2.05, 4.69) is 39.4 Å².